The topological polar surface area (TPSA) is 71.5 Å². The average Bonchev–Trinajstić information content (AvgIpc) is 3.13. The molecule has 3 aromatic rings. The Bertz CT molecular complexity index is 786. The second-order valence-electron chi connectivity index (χ2n) is 5.31. The fourth-order valence-corrected chi connectivity index (χ4v) is 2.45. The number of nitrogens with one attached hydrogen (secondary N) is 1. The van der Waals surface area contributed by atoms with E-state index in [0.29, 0.717) is 13.1 Å². The molecule has 0 saturated carbocycles. The molecule has 0 amide bonds. The zero-order valence-electron chi connectivity index (χ0n) is 13.5. The summed E-state index contributed by atoms with van der Waals surface area (Å²) in [5, 5.41) is 8.44. The number of hydrogen-bond acceptors (Lipinski definition) is 4. The number of fused-ring (bicyclic) bond motifs is 1. The Balaban J connectivity index is 1.65. The maximum atomic E-state index is 5.85. The van der Waals surface area contributed by atoms with Gasteiger partial charge in [0, 0.05) is 26.5 Å². The number of hydrogen-bond donors (Lipinski definition) is 1. The van der Waals surface area contributed by atoms with E-state index in [2.05, 4.69) is 26.5 Å². The first-order valence-electron chi connectivity index (χ1n) is 7.39. The number of furan rings is 1. The highest BCUT2D eigenvalue weighted by Crippen LogP contribution is 2.19. The minimum atomic E-state index is 0.563. The zero-order valence-corrected chi connectivity index (χ0v) is 13.5. The molecule has 0 fully saturated rings. The van der Waals surface area contributed by atoms with Gasteiger partial charge in [-0.2, -0.15) is 5.10 Å². The van der Waals surface area contributed by atoms with E-state index in [0.717, 1.165) is 28.5 Å². The fourth-order valence-electron chi connectivity index (χ4n) is 2.45. The summed E-state index contributed by atoms with van der Waals surface area (Å²) < 4.78 is 7.59. The van der Waals surface area contributed by atoms with Crippen molar-refractivity contribution in [3.8, 4) is 0 Å². The highest BCUT2D eigenvalue weighted by molar-refractivity contribution is 5.80. The molecule has 1 N–H and O–H groups in total. The van der Waals surface area contributed by atoms with E-state index in [-0.39, 0.29) is 0 Å². The van der Waals surface area contributed by atoms with Gasteiger partial charge in [-0.05, 0) is 12.1 Å². The second kappa shape index (κ2) is 6.51. The molecular formula is C16H20N6O. The number of rotatable bonds is 4. The molecular weight excluding hydrogens is 292 g/mol. The van der Waals surface area contributed by atoms with E-state index in [9.17, 15) is 0 Å². The summed E-state index contributed by atoms with van der Waals surface area (Å²) in [6, 6.07) is 10.1. The standard InChI is InChI=1S/C16H20N6O/c1-17-16(18-9-15-19-11-20-22(15)3)21(2)10-13-8-12-6-4-5-7-14(12)23-13/h4-8,11H,9-10H2,1-3H3,(H,17,18). The molecule has 2 heterocycles. The van der Waals surface area contributed by atoms with Crippen molar-refractivity contribution in [2.24, 2.45) is 12.0 Å². The van der Waals surface area contributed by atoms with Gasteiger partial charge in [-0.3, -0.25) is 9.67 Å². The SMILES string of the molecule is CN=C(NCc1ncnn1C)N(C)Cc1cc2ccccc2o1. The Morgan fingerprint density at radius 3 is 2.91 bits per heavy atom. The first kappa shape index (κ1) is 15.1. The van der Waals surface area contributed by atoms with Gasteiger partial charge in [-0.25, -0.2) is 4.98 Å². The largest absolute Gasteiger partial charge is 0.459 e. The second-order valence-corrected chi connectivity index (χ2v) is 5.31. The van der Waals surface area contributed by atoms with E-state index in [1.807, 2.05) is 43.3 Å². The molecule has 120 valence electrons. The summed E-state index contributed by atoms with van der Waals surface area (Å²) in [7, 11) is 5.60. The quantitative estimate of drug-likeness (QED) is 0.587. The normalized spacial score (nSPS) is 11.9. The molecule has 7 heteroatoms. The number of aromatic nitrogens is 3. The van der Waals surface area contributed by atoms with Crippen LogP contribution in [0.1, 0.15) is 11.6 Å². The fraction of sp³-hybridized carbons (Fsp3) is 0.312. The molecule has 0 saturated heterocycles. The van der Waals surface area contributed by atoms with Gasteiger partial charge in [-0.15, -0.1) is 0 Å². The van der Waals surface area contributed by atoms with Crippen LogP contribution in [-0.4, -0.2) is 39.7 Å². The average molecular weight is 312 g/mol. The number of para-hydroxylation sites is 1. The number of nitrogens with zero attached hydrogens (tertiary/aromatic N) is 5. The molecule has 23 heavy (non-hydrogen) atoms. The third-order valence-corrected chi connectivity index (χ3v) is 3.65. The van der Waals surface area contributed by atoms with Gasteiger partial charge in [0.05, 0.1) is 13.1 Å². The lowest BCUT2D eigenvalue weighted by Crippen LogP contribution is -2.38. The Morgan fingerprint density at radius 2 is 2.22 bits per heavy atom. The molecule has 0 spiro atoms. The van der Waals surface area contributed by atoms with Crippen LogP contribution in [0.2, 0.25) is 0 Å². The van der Waals surface area contributed by atoms with Crippen LogP contribution in [0.15, 0.2) is 46.1 Å². The van der Waals surface area contributed by atoms with Crippen LogP contribution in [0.4, 0.5) is 0 Å². The van der Waals surface area contributed by atoms with Crippen molar-refractivity contribution in [2.75, 3.05) is 14.1 Å². The van der Waals surface area contributed by atoms with Crippen molar-refractivity contribution in [2.45, 2.75) is 13.1 Å². The van der Waals surface area contributed by atoms with Crippen molar-refractivity contribution < 1.29 is 4.42 Å². The molecule has 2 aromatic heterocycles. The van der Waals surface area contributed by atoms with E-state index < -0.39 is 0 Å². The van der Waals surface area contributed by atoms with Crippen LogP contribution in [0.3, 0.4) is 0 Å². The van der Waals surface area contributed by atoms with Gasteiger partial charge in [-0.1, -0.05) is 18.2 Å². The molecule has 0 aliphatic rings. The Labute approximate surface area is 134 Å². The Kier molecular flexibility index (Phi) is 4.27. The maximum Gasteiger partial charge on any atom is 0.194 e. The molecule has 0 unspecified atom stereocenters. The number of aryl methyl sites for hydroxylation is 1. The molecule has 0 bridgehead atoms. The lowest BCUT2D eigenvalue weighted by molar-refractivity contribution is 0.411. The molecule has 0 atom stereocenters. The molecule has 0 aliphatic heterocycles. The van der Waals surface area contributed by atoms with Gasteiger partial charge in [0.1, 0.15) is 23.5 Å². The van der Waals surface area contributed by atoms with Crippen molar-refractivity contribution >= 4 is 16.9 Å². The van der Waals surface area contributed by atoms with Crippen molar-refractivity contribution in [1.29, 1.82) is 0 Å². The van der Waals surface area contributed by atoms with E-state index in [1.54, 1.807) is 11.7 Å². The van der Waals surface area contributed by atoms with E-state index in [4.69, 9.17) is 4.42 Å². The highest BCUT2D eigenvalue weighted by Gasteiger charge is 2.11. The molecule has 3 rings (SSSR count). The lowest BCUT2D eigenvalue weighted by atomic mass is 10.2. The van der Waals surface area contributed by atoms with Crippen LogP contribution in [0.25, 0.3) is 11.0 Å². The van der Waals surface area contributed by atoms with Crippen molar-refractivity contribution in [1.82, 2.24) is 25.0 Å². The van der Waals surface area contributed by atoms with Crippen molar-refractivity contribution in [3.63, 3.8) is 0 Å². The van der Waals surface area contributed by atoms with Gasteiger partial charge in [0.2, 0.25) is 0 Å². The minimum Gasteiger partial charge on any atom is -0.459 e. The summed E-state index contributed by atoms with van der Waals surface area (Å²) in [4.78, 5) is 10.5. The Morgan fingerprint density at radius 1 is 1.39 bits per heavy atom. The molecule has 0 aliphatic carbocycles. The summed E-state index contributed by atoms with van der Waals surface area (Å²) in [5.74, 6) is 2.52. The number of benzene rings is 1. The van der Waals surface area contributed by atoms with Gasteiger partial charge < -0.3 is 14.6 Å². The third-order valence-electron chi connectivity index (χ3n) is 3.65. The van der Waals surface area contributed by atoms with Gasteiger partial charge in [0.15, 0.2) is 5.96 Å². The van der Waals surface area contributed by atoms with Crippen molar-refractivity contribution in [3.05, 3.63) is 48.2 Å². The van der Waals surface area contributed by atoms with Crippen LogP contribution < -0.4 is 5.32 Å². The first-order chi connectivity index (χ1) is 11.2. The smallest absolute Gasteiger partial charge is 0.194 e. The van der Waals surface area contributed by atoms with Crippen LogP contribution in [-0.2, 0) is 20.1 Å². The monoisotopic (exact) mass is 312 g/mol. The molecule has 1 aromatic carbocycles. The van der Waals surface area contributed by atoms with Crippen LogP contribution in [0, 0.1) is 0 Å². The van der Waals surface area contributed by atoms with Crippen LogP contribution >= 0.6 is 0 Å². The predicted octanol–water partition coefficient (Wildman–Crippen LogP) is 1.77. The minimum absolute atomic E-state index is 0.563. The summed E-state index contributed by atoms with van der Waals surface area (Å²) >= 11 is 0. The zero-order chi connectivity index (χ0) is 16.2. The molecule has 7 nitrogen and oxygen atoms in total. The molecule has 0 radical (unpaired) electrons. The summed E-state index contributed by atoms with van der Waals surface area (Å²) in [5.41, 5.74) is 0.901. The third kappa shape index (κ3) is 3.33. The number of aliphatic imine (C=N–C) groups is 1. The predicted molar refractivity (Wildman–Crippen MR) is 88.9 cm³/mol. The lowest BCUT2D eigenvalue weighted by Gasteiger charge is -2.20. The van der Waals surface area contributed by atoms with Gasteiger partial charge >= 0.3 is 0 Å². The first-order valence-corrected chi connectivity index (χ1v) is 7.39. The highest BCUT2D eigenvalue weighted by atomic mass is 16.3. The van der Waals surface area contributed by atoms with Crippen LogP contribution in [0.5, 0.6) is 0 Å². The maximum absolute atomic E-state index is 5.85. The van der Waals surface area contributed by atoms with E-state index in [1.165, 1.54) is 6.33 Å². The summed E-state index contributed by atoms with van der Waals surface area (Å²) in [6.07, 6.45) is 1.54. The Hall–Kier alpha value is -2.83. The number of guanidine groups is 1. The van der Waals surface area contributed by atoms with E-state index >= 15 is 0 Å². The summed E-state index contributed by atoms with van der Waals surface area (Å²) in [6.45, 7) is 1.20. The van der Waals surface area contributed by atoms with Gasteiger partial charge in [0.25, 0.3) is 0 Å².